The van der Waals surface area contributed by atoms with Crippen LogP contribution in [0.25, 0.3) is 0 Å². The van der Waals surface area contributed by atoms with Crippen LogP contribution in [0.3, 0.4) is 0 Å². The van der Waals surface area contributed by atoms with Gasteiger partial charge in [-0.2, -0.15) is 0 Å². The third kappa shape index (κ3) is 8.78. The molecule has 1 aliphatic rings. The Hall–Kier alpha value is -0.900. The van der Waals surface area contributed by atoms with Gasteiger partial charge in [-0.05, 0) is 50.8 Å². The minimum Gasteiger partial charge on any atom is -0.357 e. The molecule has 166 valence electrons. The Kier molecular flexibility index (Phi) is 10.9. The second kappa shape index (κ2) is 12.1. The Morgan fingerprint density at radius 3 is 2.38 bits per heavy atom. The van der Waals surface area contributed by atoms with Gasteiger partial charge in [0.15, 0.2) is 5.96 Å². The van der Waals surface area contributed by atoms with E-state index in [0.717, 1.165) is 37.8 Å². The lowest BCUT2D eigenvalue weighted by atomic mass is 9.69. The zero-order valence-electron chi connectivity index (χ0n) is 17.7. The summed E-state index contributed by atoms with van der Waals surface area (Å²) in [6, 6.07) is 6.86. The molecule has 1 aliphatic carbocycles. The first kappa shape index (κ1) is 26.1. The molecule has 1 unspecified atom stereocenters. The number of nitrogens with one attached hydrogen (secondary N) is 2. The molecular formula is C21H35FIN3O2S. The van der Waals surface area contributed by atoms with Crippen LogP contribution in [-0.4, -0.2) is 45.5 Å². The number of nitrogens with zero attached hydrogens (tertiary/aromatic N) is 1. The van der Waals surface area contributed by atoms with Crippen molar-refractivity contribution in [1.82, 2.24) is 10.6 Å². The number of sulfone groups is 1. The Morgan fingerprint density at radius 2 is 1.83 bits per heavy atom. The number of benzene rings is 1. The maximum absolute atomic E-state index is 13.4. The number of aliphatic imine (C=N–C) groups is 1. The third-order valence-electron chi connectivity index (χ3n) is 5.46. The van der Waals surface area contributed by atoms with E-state index in [9.17, 15) is 12.8 Å². The number of hydrogen-bond donors (Lipinski definition) is 2. The predicted molar refractivity (Wildman–Crippen MR) is 129 cm³/mol. The molecule has 1 saturated carbocycles. The maximum atomic E-state index is 13.4. The molecule has 0 aromatic heterocycles. The quantitative estimate of drug-likeness (QED) is 0.298. The number of rotatable bonds is 8. The molecule has 1 aromatic rings. The van der Waals surface area contributed by atoms with Gasteiger partial charge in [-0.25, -0.2) is 12.8 Å². The van der Waals surface area contributed by atoms with Crippen LogP contribution in [0.1, 0.15) is 57.9 Å². The number of hydrogen-bond acceptors (Lipinski definition) is 3. The van der Waals surface area contributed by atoms with Crippen LogP contribution in [0.5, 0.6) is 0 Å². The molecular weight excluding hydrogens is 504 g/mol. The van der Waals surface area contributed by atoms with Crippen molar-refractivity contribution in [2.24, 2.45) is 4.99 Å². The molecule has 2 N–H and O–H groups in total. The van der Waals surface area contributed by atoms with Gasteiger partial charge in [-0.3, -0.25) is 4.99 Å². The number of guanidine groups is 1. The van der Waals surface area contributed by atoms with Gasteiger partial charge in [0.25, 0.3) is 0 Å². The lowest BCUT2D eigenvalue weighted by Crippen LogP contribution is -2.44. The van der Waals surface area contributed by atoms with Gasteiger partial charge in [0.1, 0.15) is 15.7 Å². The summed E-state index contributed by atoms with van der Waals surface area (Å²) in [6.07, 6.45) is 7.42. The van der Waals surface area contributed by atoms with E-state index < -0.39 is 9.84 Å². The second-order valence-corrected chi connectivity index (χ2v) is 10.3. The van der Waals surface area contributed by atoms with Crippen LogP contribution in [0.15, 0.2) is 29.3 Å². The molecule has 29 heavy (non-hydrogen) atoms. The van der Waals surface area contributed by atoms with E-state index in [0.29, 0.717) is 18.9 Å². The summed E-state index contributed by atoms with van der Waals surface area (Å²) in [7, 11) is -2.98. The summed E-state index contributed by atoms with van der Waals surface area (Å²) in [5.41, 5.74) is 1.09. The van der Waals surface area contributed by atoms with Crippen LogP contribution in [0.4, 0.5) is 4.39 Å². The maximum Gasteiger partial charge on any atom is 0.191 e. The molecule has 1 atom stereocenters. The smallest absolute Gasteiger partial charge is 0.191 e. The van der Waals surface area contributed by atoms with Crippen LogP contribution < -0.4 is 10.6 Å². The molecule has 2 rings (SSSR count). The molecule has 0 radical (unpaired) electrons. The van der Waals surface area contributed by atoms with E-state index in [2.05, 4.69) is 10.6 Å². The highest BCUT2D eigenvalue weighted by molar-refractivity contribution is 14.0. The highest BCUT2D eigenvalue weighted by Crippen LogP contribution is 2.39. The van der Waals surface area contributed by atoms with Crippen molar-refractivity contribution in [3.8, 4) is 0 Å². The van der Waals surface area contributed by atoms with Crippen LogP contribution >= 0.6 is 24.0 Å². The first-order valence-electron chi connectivity index (χ1n) is 10.2. The Bertz CT molecular complexity index is 748. The third-order valence-corrected chi connectivity index (χ3v) is 6.43. The highest BCUT2D eigenvalue weighted by atomic mass is 127. The molecule has 1 fully saturated rings. The Labute approximate surface area is 192 Å². The molecule has 0 saturated heterocycles. The summed E-state index contributed by atoms with van der Waals surface area (Å²) in [4.78, 5) is 4.84. The fourth-order valence-electron chi connectivity index (χ4n) is 3.82. The molecule has 8 heteroatoms. The van der Waals surface area contributed by atoms with Crippen molar-refractivity contribution >= 4 is 39.8 Å². The van der Waals surface area contributed by atoms with Crippen molar-refractivity contribution in [2.75, 3.05) is 25.1 Å². The zero-order chi connectivity index (χ0) is 20.6. The van der Waals surface area contributed by atoms with Crippen molar-refractivity contribution in [2.45, 2.75) is 63.8 Å². The van der Waals surface area contributed by atoms with Crippen molar-refractivity contribution in [3.05, 3.63) is 35.6 Å². The summed E-state index contributed by atoms with van der Waals surface area (Å²) < 4.78 is 36.2. The van der Waals surface area contributed by atoms with E-state index in [1.165, 1.54) is 24.8 Å². The normalized spacial score (nSPS) is 17.9. The van der Waals surface area contributed by atoms with Gasteiger partial charge >= 0.3 is 0 Å². The van der Waals surface area contributed by atoms with E-state index in [-0.39, 0.29) is 47.0 Å². The lowest BCUT2D eigenvalue weighted by Gasteiger charge is -2.37. The topological polar surface area (TPSA) is 70.6 Å². The largest absolute Gasteiger partial charge is 0.357 e. The Morgan fingerprint density at radius 1 is 1.21 bits per heavy atom. The van der Waals surface area contributed by atoms with Crippen molar-refractivity contribution < 1.29 is 12.8 Å². The predicted octanol–water partition coefficient (Wildman–Crippen LogP) is 4.02. The molecule has 0 amide bonds. The highest BCUT2D eigenvalue weighted by Gasteiger charge is 2.34. The van der Waals surface area contributed by atoms with Gasteiger partial charge in [-0.15, -0.1) is 24.0 Å². The van der Waals surface area contributed by atoms with Crippen LogP contribution in [-0.2, 0) is 15.3 Å². The minimum atomic E-state index is -2.98. The Balaban J connectivity index is 0.00000420. The summed E-state index contributed by atoms with van der Waals surface area (Å²) in [5.74, 6) is 0.642. The van der Waals surface area contributed by atoms with E-state index >= 15 is 0 Å². The number of halogens is 2. The molecule has 0 spiro atoms. The molecule has 0 bridgehead atoms. The molecule has 5 nitrogen and oxygen atoms in total. The minimum absolute atomic E-state index is 0. The summed E-state index contributed by atoms with van der Waals surface area (Å²) in [6.45, 7) is 5.34. The van der Waals surface area contributed by atoms with E-state index in [1.54, 1.807) is 0 Å². The van der Waals surface area contributed by atoms with Gasteiger partial charge in [0.2, 0.25) is 0 Å². The first-order chi connectivity index (χ1) is 13.2. The molecule has 0 aliphatic heterocycles. The second-order valence-electron chi connectivity index (χ2n) is 8.01. The van der Waals surface area contributed by atoms with Crippen molar-refractivity contribution in [1.29, 1.82) is 0 Å². The standard InChI is InChI=1S/C21H34FN3O2S.HI/c1-4-23-20(25-17(2)12-15-28(3,26)27)24-16-21(13-6-5-7-14-21)18-8-10-19(22)11-9-18;/h8-11,17H,4-7,12-16H2,1-3H3,(H2,23,24,25);1H. The average Bonchev–Trinajstić information content (AvgIpc) is 2.65. The fraction of sp³-hybridized carbons (Fsp3) is 0.667. The van der Waals surface area contributed by atoms with E-state index in [1.807, 2.05) is 26.0 Å². The van der Waals surface area contributed by atoms with Crippen LogP contribution in [0.2, 0.25) is 0 Å². The fourth-order valence-corrected chi connectivity index (χ4v) is 4.60. The lowest BCUT2D eigenvalue weighted by molar-refractivity contribution is 0.300. The molecule has 1 aromatic carbocycles. The van der Waals surface area contributed by atoms with Gasteiger partial charge in [-0.1, -0.05) is 31.4 Å². The van der Waals surface area contributed by atoms with E-state index in [4.69, 9.17) is 4.99 Å². The summed E-state index contributed by atoms with van der Waals surface area (Å²) in [5, 5.41) is 6.58. The molecule has 0 heterocycles. The average molecular weight is 539 g/mol. The summed E-state index contributed by atoms with van der Waals surface area (Å²) >= 11 is 0. The zero-order valence-corrected chi connectivity index (χ0v) is 20.9. The monoisotopic (exact) mass is 539 g/mol. The van der Waals surface area contributed by atoms with Gasteiger partial charge in [0, 0.05) is 24.3 Å². The van der Waals surface area contributed by atoms with Crippen molar-refractivity contribution in [3.63, 3.8) is 0 Å². The van der Waals surface area contributed by atoms with Gasteiger partial charge < -0.3 is 10.6 Å². The van der Waals surface area contributed by atoms with Gasteiger partial charge in [0.05, 0.1) is 12.3 Å². The first-order valence-corrected chi connectivity index (χ1v) is 12.3. The van der Waals surface area contributed by atoms with Crippen LogP contribution in [0, 0.1) is 5.82 Å². The SMILES string of the molecule is CCNC(=NCC1(c2ccc(F)cc2)CCCCC1)NC(C)CCS(C)(=O)=O.I.